The van der Waals surface area contributed by atoms with Gasteiger partial charge in [0, 0.05) is 24.4 Å². The van der Waals surface area contributed by atoms with Crippen molar-refractivity contribution >= 4 is 19.7 Å². The molecule has 0 atom stereocenters. The first kappa shape index (κ1) is 17.5. The van der Waals surface area contributed by atoms with Gasteiger partial charge in [-0.3, -0.25) is 4.90 Å². The lowest BCUT2D eigenvalue weighted by molar-refractivity contribution is 0.187. The first-order chi connectivity index (χ1) is 9.24. The Morgan fingerprint density at radius 1 is 1.10 bits per heavy atom. The molecule has 0 unspecified atom stereocenters. The molecule has 0 aliphatic carbocycles. The van der Waals surface area contributed by atoms with Gasteiger partial charge in [0.2, 0.25) is 8.87 Å². The molecular weight excluding hydrogens is 297 g/mol. The molecular formula is C14H22FNO2S2. The van der Waals surface area contributed by atoms with Gasteiger partial charge >= 0.3 is 0 Å². The topological polar surface area (TPSA) is 37.4 Å². The molecule has 20 heavy (non-hydrogen) atoms. The van der Waals surface area contributed by atoms with Crippen molar-refractivity contribution in [2.45, 2.75) is 44.7 Å². The van der Waals surface area contributed by atoms with Crippen molar-refractivity contribution in [3.05, 3.63) is 30.1 Å². The van der Waals surface area contributed by atoms with Gasteiger partial charge in [-0.25, -0.2) is 12.8 Å². The Morgan fingerprint density at radius 3 is 2.05 bits per heavy atom. The second-order valence-electron chi connectivity index (χ2n) is 5.16. The summed E-state index contributed by atoms with van der Waals surface area (Å²) in [7, 11) is -2.49. The molecule has 0 N–H and O–H groups in total. The van der Waals surface area contributed by atoms with Crippen molar-refractivity contribution in [3.63, 3.8) is 0 Å². The minimum absolute atomic E-state index is 0.157. The maximum absolute atomic E-state index is 12.8. The third kappa shape index (κ3) is 5.07. The molecule has 114 valence electrons. The van der Waals surface area contributed by atoms with Crippen LogP contribution in [-0.4, -0.2) is 37.7 Å². The summed E-state index contributed by atoms with van der Waals surface area (Å²) in [5.41, 5.74) is 0. The van der Waals surface area contributed by atoms with Crippen molar-refractivity contribution in [1.29, 1.82) is 0 Å². The second-order valence-corrected chi connectivity index (χ2v) is 9.20. The molecule has 0 fully saturated rings. The molecule has 1 rings (SSSR count). The van der Waals surface area contributed by atoms with Gasteiger partial charge in [0.05, 0.1) is 4.90 Å². The zero-order valence-corrected chi connectivity index (χ0v) is 14.0. The summed E-state index contributed by atoms with van der Waals surface area (Å²) >= 11 is 0. The van der Waals surface area contributed by atoms with E-state index < -0.39 is 14.7 Å². The molecule has 3 nitrogen and oxygen atoms in total. The number of nitrogens with zero attached hydrogens (tertiary/aromatic N) is 1. The lowest BCUT2D eigenvalue weighted by Gasteiger charge is -2.30. The first-order valence-electron chi connectivity index (χ1n) is 6.65. The molecule has 0 radical (unpaired) electrons. The van der Waals surface area contributed by atoms with Crippen LogP contribution in [0.5, 0.6) is 0 Å². The SMILES string of the molecule is CC(C)N(CCSS(=O)(=O)c1ccc(F)cc1)C(C)C. The fourth-order valence-corrected chi connectivity index (χ4v) is 4.77. The highest BCUT2D eigenvalue weighted by atomic mass is 33.1. The third-order valence-corrected chi connectivity index (χ3v) is 6.53. The zero-order valence-electron chi connectivity index (χ0n) is 12.3. The smallest absolute Gasteiger partial charge is 0.230 e. The summed E-state index contributed by atoms with van der Waals surface area (Å²) in [6, 6.07) is 5.71. The van der Waals surface area contributed by atoms with E-state index in [0.717, 1.165) is 10.8 Å². The Balaban J connectivity index is 2.62. The van der Waals surface area contributed by atoms with Crippen LogP contribution in [0.15, 0.2) is 29.2 Å². The highest BCUT2D eigenvalue weighted by molar-refractivity contribution is 8.72. The molecule has 0 bridgehead atoms. The number of halogens is 1. The van der Waals surface area contributed by atoms with Gasteiger partial charge in [-0.1, -0.05) is 0 Å². The summed E-state index contributed by atoms with van der Waals surface area (Å²) in [5, 5.41) is 0. The van der Waals surface area contributed by atoms with Crippen LogP contribution in [0.25, 0.3) is 0 Å². The van der Waals surface area contributed by atoms with E-state index in [9.17, 15) is 12.8 Å². The summed E-state index contributed by atoms with van der Waals surface area (Å²) in [6.45, 7) is 9.09. The number of hydrogen-bond donors (Lipinski definition) is 0. The first-order valence-corrected chi connectivity index (χ1v) is 9.63. The normalized spacial score (nSPS) is 12.6. The monoisotopic (exact) mass is 319 g/mol. The van der Waals surface area contributed by atoms with Crippen LogP contribution in [0.1, 0.15) is 27.7 Å². The summed E-state index contributed by atoms with van der Waals surface area (Å²) in [4.78, 5) is 2.40. The van der Waals surface area contributed by atoms with E-state index in [1.54, 1.807) is 0 Å². The molecule has 1 aromatic rings. The van der Waals surface area contributed by atoms with Crippen LogP contribution in [0.3, 0.4) is 0 Å². The Morgan fingerprint density at radius 2 is 1.60 bits per heavy atom. The average Bonchev–Trinajstić information content (AvgIpc) is 2.34. The number of benzene rings is 1. The predicted octanol–water partition coefficient (Wildman–Crippen LogP) is 3.37. The molecule has 6 heteroatoms. The van der Waals surface area contributed by atoms with Gasteiger partial charge < -0.3 is 0 Å². The van der Waals surface area contributed by atoms with Crippen LogP contribution < -0.4 is 0 Å². The van der Waals surface area contributed by atoms with Gasteiger partial charge in [0.15, 0.2) is 0 Å². The fourth-order valence-electron chi connectivity index (χ4n) is 2.03. The van der Waals surface area contributed by atoms with Crippen LogP contribution in [0, 0.1) is 5.82 Å². The van der Waals surface area contributed by atoms with Gasteiger partial charge in [-0.05, 0) is 62.8 Å². The highest BCUT2D eigenvalue weighted by Crippen LogP contribution is 2.23. The van der Waals surface area contributed by atoms with E-state index in [4.69, 9.17) is 0 Å². The lowest BCUT2D eigenvalue weighted by Crippen LogP contribution is -2.38. The van der Waals surface area contributed by atoms with Crippen LogP contribution >= 0.6 is 10.8 Å². The van der Waals surface area contributed by atoms with Crippen molar-refractivity contribution in [2.24, 2.45) is 0 Å². The van der Waals surface area contributed by atoms with E-state index >= 15 is 0 Å². The minimum Gasteiger partial charge on any atom is -0.298 e. The molecule has 0 aliphatic rings. The molecule has 0 amide bonds. The quantitative estimate of drug-likeness (QED) is 0.722. The van der Waals surface area contributed by atoms with Gasteiger partial charge in [0.25, 0.3) is 0 Å². The van der Waals surface area contributed by atoms with E-state index in [-0.39, 0.29) is 4.90 Å². The third-order valence-electron chi connectivity index (χ3n) is 3.02. The average molecular weight is 319 g/mol. The molecule has 0 aliphatic heterocycles. The standard InChI is InChI=1S/C14H22FNO2S2/c1-11(2)16(12(3)4)9-10-19-20(17,18)14-7-5-13(15)6-8-14/h5-8,11-12H,9-10H2,1-4H3. The Labute approximate surface area is 124 Å². The van der Waals surface area contributed by atoms with Crippen molar-refractivity contribution in [2.75, 3.05) is 12.3 Å². The van der Waals surface area contributed by atoms with Crippen molar-refractivity contribution in [1.82, 2.24) is 4.90 Å². The molecule has 0 heterocycles. The van der Waals surface area contributed by atoms with Crippen molar-refractivity contribution < 1.29 is 12.8 Å². The van der Waals surface area contributed by atoms with Crippen molar-refractivity contribution in [3.8, 4) is 0 Å². The number of rotatable bonds is 7. The van der Waals surface area contributed by atoms with Gasteiger partial charge in [0.1, 0.15) is 5.82 Å². The predicted molar refractivity (Wildman–Crippen MR) is 83.0 cm³/mol. The molecule has 0 aromatic heterocycles. The van der Waals surface area contributed by atoms with E-state index in [1.807, 2.05) is 0 Å². The lowest BCUT2D eigenvalue weighted by atomic mass is 10.2. The molecule has 0 saturated carbocycles. The molecule has 0 saturated heterocycles. The molecule has 1 aromatic carbocycles. The van der Waals surface area contributed by atoms with E-state index in [0.29, 0.717) is 24.4 Å². The maximum Gasteiger partial charge on any atom is 0.230 e. The molecule has 0 spiro atoms. The van der Waals surface area contributed by atoms with E-state index in [1.165, 1.54) is 24.3 Å². The van der Waals surface area contributed by atoms with E-state index in [2.05, 4.69) is 32.6 Å². The highest BCUT2D eigenvalue weighted by Gasteiger charge is 2.18. The largest absolute Gasteiger partial charge is 0.298 e. The second kappa shape index (κ2) is 7.43. The van der Waals surface area contributed by atoms with Gasteiger partial charge in [-0.15, -0.1) is 0 Å². The number of hydrogen-bond acceptors (Lipinski definition) is 4. The van der Waals surface area contributed by atoms with Crippen LogP contribution in [0.2, 0.25) is 0 Å². The Kier molecular flexibility index (Phi) is 6.48. The minimum atomic E-state index is -3.40. The summed E-state index contributed by atoms with van der Waals surface area (Å²) in [5.74, 6) is 0.0653. The summed E-state index contributed by atoms with van der Waals surface area (Å²) in [6.07, 6.45) is 0. The van der Waals surface area contributed by atoms with Crippen LogP contribution in [0.4, 0.5) is 4.39 Å². The van der Waals surface area contributed by atoms with Crippen LogP contribution in [-0.2, 0) is 8.87 Å². The maximum atomic E-state index is 12.8. The Bertz CT molecular complexity index is 504. The fraction of sp³-hybridized carbons (Fsp3) is 0.571. The summed E-state index contributed by atoms with van der Waals surface area (Å²) < 4.78 is 37.0. The zero-order chi connectivity index (χ0) is 15.3. The van der Waals surface area contributed by atoms with Gasteiger partial charge in [-0.2, -0.15) is 0 Å². The Hall–Kier alpha value is -0.590.